The van der Waals surface area contributed by atoms with Crippen LogP contribution >= 0.6 is 0 Å². The number of ether oxygens (including phenoxy) is 1. The van der Waals surface area contributed by atoms with E-state index in [-0.39, 0.29) is 12.6 Å². The Bertz CT molecular complexity index is 629. The Labute approximate surface area is 127 Å². The molecular formula is C15H16N4O3. The van der Waals surface area contributed by atoms with Crippen LogP contribution in [0.3, 0.4) is 0 Å². The molecule has 0 saturated heterocycles. The van der Waals surface area contributed by atoms with Crippen LogP contribution in [0.2, 0.25) is 0 Å². The van der Waals surface area contributed by atoms with Crippen LogP contribution in [0.1, 0.15) is 5.69 Å². The zero-order chi connectivity index (χ0) is 15.8. The molecule has 1 aromatic carbocycles. The lowest BCUT2D eigenvalue weighted by molar-refractivity contribution is -0.119. The van der Waals surface area contributed by atoms with Crippen LogP contribution in [0.5, 0.6) is 5.75 Å². The number of nitrogens with two attached hydrogens (primary N) is 1. The van der Waals surface area contributed by atoms with E-state index in [2.05, 4.69) is 15.6 Å². The SMILES string of the molecule is NC(=O)COc1ccc(NC(=O)NCc2ccccn2)cc1. The summed E-state index contributed by atoms with van der Waals surface area (Å²) in [5.74, 6) is -0.0469. The summed E-state index contributed by atoms with van der Waals surface area (Å²) < 4.78 is 5.12. The molecule has 0 aliphatic rings. The quantitative estimate of drug-likeness (QED) is 0.746. The topological polar surface area (TPSA) is 106 Å². The Morgan fingerprint density at radius 3 is 2.55 bits per heavy atom. The lowest BCUT2D eigenvalue weighted by Crippen LogP contribution is -2.28. The summed E-state index contributed by atoms with van der Waals surface area (Å²) in [5, 5.41) is 5.38. The highest BCUT2D eigenvalue weighted by atomic mass is 16.5. The zero-order valence-corrected chi connectivity index (χ0v) is 11.8. The van der Waals surface area contributed by atoms with Gasteiger partial charge in [-0.1, -0.05) is 6.07 Å². The maximum absolute atomic E-state index is 11.7. The van der Waals surface area contributed by atoms with Gasteiger partial charge in [-0.05, 0) is 36.4 Å². The van der Waals surface area contributed by atoms with E-state index in [9.17, 15) is 9.59 Å². The highest BCUT2D eigenvalue weighted by Gasteiger charge is 2.03. The molecule has 2 aromatic rings. The van der Waals surface area contributed by atoms with E-state index in [0.29, 0.717) is 18.0 Å². The molecule has 1 aromatic heterocycles. The molecule has 0 atom stereocenters. The third-order valence-corrected chi connectivity index (χ3v) is 2.65. The van der Waals surface area contributed by atoms with E-state index >= 15 is 0 Å². The predicted molar refractivity (Wildman–Crippen MR) is 81.2 cm³/mol. The molecule has 1 heterocycles. The molecule has 0 aliphatic carbocycles. The largest absolute Gasteiger partial charge is 0.484 e. The number of carbonyl (C=O) groups is 2. The molecule has 0 aliphatic heterocycles. The number of nitrogens with zero attached hydrogens (tertiary/aromatic N) is 1. The molecule has 0 bridgehead atoms. The highest BCUT2D eigenvalue weighted by Crippen LogP contribution is 2.15. The van der Waals surface area contributed by atoms with Gasteiger partial charge in [0.2, 0.25) is 0 Å². The van der Waals surface area contributed by atoms with Gasteiger partial charge in [0.05, 0.1) is 12.2 Å². The fraction of sp³-hybridized carbons (Fsp3) is 0.133. The second-order valence-electron chi connectivity index (χ2n) is 4.41. The van der Waals surface area contributed by atoms with Crippen molar-refractivity contribution >= 4 is 17.6 Å². The summed E-state index contributed by atoms with van der Waals surface area (Å²) in [6.07, 6.45) is 1.67. The van der Waals surface area contributed by atoms with Crippen molar-refractivity contribution in [3.63, 3.8) is 0 Å². The summed E-state index contributed by atoms with van der Waals surface area (Å²) >= 11 is 0. The third-order valence-electron chi connectivity index (χ3n) is 2.65. The molecule has 0 saturated carbocycles. The van der Waals surface area contributed by atoms with Crippen molar-refractivity contribution < 1.29 is 14.3 Å². The molecule has 0 unspecified atom stereocenters. The van der Waals surface area contributed by atoms with Crippen LogP contribution in [0, 0.1) is 0 Å². The van der Waals surface area contributed by atoms with Gasteiger partial charge in [-0.25, -0.2) is 4.79 Å². The van der Waals surface area contributed by atoms with Crippen molar-refractivity contribution in [1.82, 2.24) is 10.3 Å². The first-order valence-corrected chi connectivity index (χ1v) is 6.59. The van der Waals surface area contributed by atoms with Crippen LogP contribution in [0.15, 0.2) is 48.7 Å². The molecule has 0 spiro atoms. The van der Waals surface area contributed by atoms with E-state index in [4.69, 9.17) is 10.5 Å². The van der Waals surface area contributed by atoms with Gasteiger partial charge in [0.15, 0.2) is 6.61 Å². The minimum Gasteiger partial charge on any atom is -0.484 e. The Kier molecular flexibility index (Phi) is 5.31. The Balaban J connectivity index is 1.80. The Morgan fingerprint density at radius 1 is 1.14 bits per heavy atom. The Morgan fingerprint density at radius 2 is 1.91 bits per heavy atom. The first-order chi connectivity index (χ1) is 10.6. The van der Waals surface area contributed by atoms with E-state index in [1.54, 1.807) is 30.5 Å². The monoisotopic (exact) mass is 300 g/mol. The number of anilines is 1. The third kappa shape index (κ3) is 5.12. The number of urea groups is 1. The number of rotatable bonds is 6. The van der Waals surface area contributed by atoms with Crippen LogP contribution in [-0.2, 0) is 11.3 Å². The molecule has 22 heavy (non-hydrogen) atoms. The first kappa shape index (κ1) is 15.3. The minimum atomic E-state index is -0.545. The van der Waals surface area contributed by atoms with Crippen molar-refractivity contribution in [3.8, 4) is 5.75 Å². The minimum absolute atomic E-state index is 0.183. The number of nitrogens with one attached hydrogen (secondary N) is 2. The number of benzene rings is 1. The van der Waals surface area contributed by atoms with Crippen molar-refractivity contribution in [2.24, 2.45) is 5.73 Å². The molecular weight excluding hydrogens is 284 g/mol. The van der Waals surface area contributed by atoms with Gasteiger partial charge in [0.1, 0.15) is 5.75 Å². The van der Waals surface area contributed by atoms with Crippen molar-refractivity contribution in [2.75, 3.05) is 11.9 Å². The molecule has 0 fully saturated rings. The number of hydrogen-bond donors (Lipinski definition) is 3. The molecule has 7 nitrogen and oxygen atoms in total. The Hall–Kier alpha value is -3.09. The second-order valence-corrected chi connectivity index (χ2v) is 4.41. The second kappa shape index (κ2) is 7.63. The summed E-state index contributed by atoms with van der Waals surface area (Å²) in [6.45, 7) is 0.157. The predicted octanol–water partition coefficient (Wildman–Crippen LogP) is 1.27. The number of pyridine rings is 1. The number of carbonyl (C=O) groups excluding carboxylic acids is 2. The molecule has 2 rings (SSSR count). The van der Waals surface area contributed by atoms with E-state index < -0.39 is 5.91 Å². The summed E-state index contributed by atoms with van der Waals surface area (Å²) in [4.78, 5) is 26.5. The van der Waals surface area contributed by atoms with Crippen LogP contribution in [-0.4, -0.2) is 23.5 Å². The molecule has 4 N–H and O–H groups in total. The van der Waals surface area contributed by atoms with Gasteiger partial charge in [0, 0.05) is 11.9 Å². The number of primary amides is 1. The molecule has 3 amide bonds. The van der Waals surface area contributed by atoms with Gasteiger partial charge in [0.25, 0.3) is 5.91 Å². The summed E-state index contributed by atoms with van der Waals surface area (Å²) in [5.41, 5.74) is 6.36. The summed E-state index contributed by atoms with van der Waals surface area (Å²) in [7, 11) is 0. The van der Waals surface area contributed by atoms with Crippen molar-refractivity contribution in [1.29, 1.82) is 0 Å². The molecule has 0 radical (unpaired) electrons. The number of aromatic nitrogens is 1. The average Bonchev–Trinajstić information content (AvgIpc) is 2.53. The lowest BCUT2D eigenvalue weighted by Gasteiger charge is -2.08. The van der Waals surface area contributed by atoms with Gasteiger partial charge < -0.3 is 21.1 Å². The molecule has 7 heteroatoms. The fourth-order valence-corrected chi connectivity index (χ4v) is 1.64. The van der Waals surface area contributed by atoms with Crippen LogP contribution < -0.4 is 21.1 Å². The number of amides is 3. The summed E-state index contributed by atoms with van der Waals surface area (Å²) in [6, 6.07) is 11.8. The van der Waals surface area contributed by atoms with Crippen molar-refractivity contribution in [3.05, 3.63) is 54.4 Å². The van der Waals surface area contributed by atoms with Gasteiger partial charge in [-0.15, -0.1) is 0 Å². The van der Waals surface area contributed by atoms with Gasteiger partial charge in [-0.3, -0.25) is 9.78 Å². The maximum atomic E-state index is 11.7. The van der Waals surface area contributed by atoms with Crippen molar-refractivity contribution in [2.45, 2.75) is 6.54 Å². The van der Waals surface area contributed by atoms with Crippen LogP contribution in [0.25, 0.3) is 0 Å². The lowest BCUT2D eigenvalue weighted by atomic mass is 10.3. The normalized spacial score (nSPS) is 9.82. The van der Waals surface area contributed by atoms with Gasteiger partial charge >= 0.3 is 6.03 Å². The smallest absolute Gasteiger partial charge is 0.319 e. The molecule has 114 valence electrons. The maximum Gasteiger partial charge on any atom is 0.319 e. The van der Waals surface area contributed by atoms with Gasteiger partial charge in [-0.2, -0.15) is 0 Å². The standard InChI is InChI=1S/C15H16N4O3/c16-14(20)10-22-13-6-4-11(5-7-13)19-15(21)18-9-12-3-1-2-8-17-12/h1-8H,9-10H2,(H2,16,20)(H2,18,19,21). The van der Waals surface area contributed by atoms with Crippen LogP contribution in [0.4, 0.5) is 10.5 Å². The number of hydrogen-bond acceptors (Lipinski definition) is 4. The zero-order valence-electron chi connectivity index (χ0n) is 11.8. The van der Waals surface area contributed by atoms with E-state index in [1.165, 1.54) is 0 Å². The van der Waals surface area contributed by atoms with E-state index in [1.807, 2.05) is 18.2 Å². The average molecular weight is 300 g/mol. The fourth-order valence-electron chi connectivity index (χ4n) is 1.64. The van der Waals surface area contributed by atoms with E-state index in [0.717, 1.165) is 5.69 Å². The first-order valence-electron chi connectivity index (χ1n) is 6.59. The highest BCUT2D eigenvalue weighted by molar-refractivity contribution is 5.89.